The Morgan fingerprint density at radius 3 is 2.72 bits per heavy atom. The molecule has 0 saturated carbocycles. The second kappa shape index (κ2) is 5.56. The Labute approximate surface area is 114 Å². The maximum atomic E-state index is 9.66. The number of para-hydroxylation sites is 1. The zero-order chi connectivity index (χ0) is 13.0. The van der Waals surface area contributed by atoms with Crippen LogP contribution in [0.15, 0.2) is 46.9 Å². The van der Waals surface area contributed by atoms with Crippen molar-refractivity contribution in [2.45, 2.75) is 6.54 Å². The number of anilines is 1. The fraction of sp³-hybridized carbons (Fsp3) is 0.0714. The molecule has 0 aliphatic carbocycles. The van der Waals surface area contributed by atoms with E-state index in [1.807, 2.05) is 24.3 Å². The third-order valence-electron chi connectivity index (χ3n) is 2.56. The highest BCUT2D eigenvalue weighted by Crippen LogP contribution is 2.23. The molecule has 0 unspecified atom stereocenters. The average molecular weight is 303 g/mol. The van der Waals surface area contributed by atoms with Gasteiger partial charge in [-0.05, 0) is 24.3 Å². The third kappa shape index (κ3) is 2.82. The van der Waals surface area contributed by atoms with Gasteiger partial charge >= 0.3 is 0 Å². The number of halogens is 1. The molecule has 0 amide bonds. The zero-order valence-corrected chi connectivity index (χ0v) is 11.1. The number of benzene rings is 2. The quantitative estimate of drug-likeness (QED) is 0.910. The van der Waals surface area contributed by atoms with Gasteiger partial charge in [-0.3, -0.25) is 0 Å². The van der Waals surface area contributed by atoms with Gasteiger partial charge in [-0.15, -0.1) is 0 Å². The summed E-state index contributed by atoms with van der Waals surface area (Å²) in [7, 11) is 0. The molecule has 0 aromatic heterocycles. The van der Waals surface area contributed by atoms with Crippen molar-refractivity contribution < 1.29 is 5.11 Å². The maximum absolute atomic E-state index is 9.66. The summed E-state index contributed by atoms with van der Waals surface area (Å²) in [5.74, 6) is 0.249. The van der Waals surface area contributed by atoms with E-state index in [1.54, 1.807) is 18.2 Å². The van der Waals surface area contributed by atoms with E-state index in [2.05, 4.69) is 27.3 Å². The molecular weight excluding hydrogens is 292 g/mol. The Hall–Kier alpha value is -1.99. The van der Waals surface area contributed by atoms with Gasteiger partial charge in [0.25, 0.3) is 0 Å². The number of rotatable bonds is 3. The summed E-state index contributed by atoms with van der Waals surface area (Å²) in [5, 5.41) is 21.8. The van der Waals surface area contributed by atoms with Crippen LogP contribution in [0.25, 0.3) is 0 Å². The highest BCUT2D eigenvalue weighted by Gasteiger charge is 2.04. The van der Waals surface area contributed by atoms with E-state index in [1.165, 1.54) is 0 Å². The molecule has 0 fully saturated rings. The van der Waals surface area contributed by atoms with Crippen LogP contribution in [0.2, 0.25) is 0 Å². The first-order valence-electron chi connectivity index (χ1n) is 5.41. The van der Waals surface area contributed by atoms with Gasteiger partial charge in [-0.1, -0.05) is 34.1 Å². The lowest BCUT2D eigenvalue weighted by atomic mass is 10.1. The second-order valence-electron chi connectivity index (χ2n) is 3.78. The van der Waals surface area contributed by atoms with E-state index in [4.69, 9.17) is 5.26 Å². The third-order valence-corrected chi connectivity index (χ3v) is 3.06. The Morgan fingerprint density at radius 2 is 2.00 bits per heavy atom. The first-order valence-corrected chi connectivity index (χ1v) is 6.20. The summed E-state index contributed by atoms with van der Waals surface area (Å²) >= 11 is 3.37. The first kappa shape index (κ1) is 12.5. The summed E-state index contributed by atoms with van der Waals surface area (Å²) in [5.41, 5.74) is 2.12. The SMILES string of the molecule is N#Cc1ccc(Br)cc1NCc1ccccc1O. The van der Waals surface area contributed by atoms with E-state index < -0.39 is 0 Å². The van der Waals surface area contributed by atoms with Gasteiger partial charge in [0.2, 0.25) is 0 Å². The smallest absolute Gasteiger partial charge is 0.120 e. The lowest BCUT2D eigenvalue weighted by molar-refractivity contribution is 0.469. The second-order valence-corrected chi connectivity index (χ2v) is 4.70. The Bertz CT molecular complexity index is 605. The number of hydrogen-bond donors (Lipinski definition) is 2. The van der Waals surface area contributed by atoms with E-state index in [0.717, 1.165) is 15.7 Å². The topological polar surface area (TPSA) is 56.0 Å². The lowest BCUT2D eigenvalue weighted by Gasteiger charge is -2.09. The number of hydrogen-bond acceptors (Lipinski definition) is 3. The Morgan fingerprint density at radius 1 is 1.22 bits per heavy atom. The molecule has 0 atom stereocenters. The van der Waals surface area contributed by atoms with Crippen LogP contribution in [-0.2, 0) is 6.54 Å². The molecular formula is C14H11BrN2O. The Kier molecular flexibility index (Phi) is 3.85. The van der Waals surface area contributed by atoms with Gasteiger partial charge in [0.1, 0.15) is 11.8 Å². The van der Waals surface area contributed by atoms with Crippen molar-refractivity contribution in [3.05, 3.63) is 58.1 Å². The number of phenols is 1. The predicted molar refractivity (Wildman–Crippen MR) is 74.3 cm³/mol. The number of nitriles is 1. The monoisotopic (exact) mass is 302 g/mol. The number of aromatic hydroxyl groups is 1. The molecule has 4 heteroatoms. The molecule has 0 saturated heterocycles. The van der Waals surface area contributed by atoms with Crippen LogP contribution in [0, 0.1) is 11.3 Å². The molecule has 0 aliphatic rings. The summed E-state index contributed by atoms with van der Waals surface area (Å²) in [6.07, 6.45) is 0. The fourth-order valence-corrected chi connectivity index (χ4v) is 1.97. The fourth-order valence-electron chi connectivity index (χ4n) is 1.61. The predicted octanol–water partition coefficient (Wildman–Crippen LogP) is 3.64. The molecule has 18 heavy (non-hydrogen) atoms. The van der Waals surface area contributed by atoms with Crippen molar-refractivity contribution in [1.29, 1.82) is 5.26 Å². The van der Waals surface area contributed by atoms with E-state index in [0.29, 0.717) is 12.1 Å². The number of phenolic OH excluding ortho intramolecular Hbond substituents is 1. The molecule has 2 rings (SSSR count). The largest absolute Gasteiger partial charge is 0.508 e. The van der Waals surface area contributed by atoms with Gasteiger partial charge in [-0.25, -0.2) is 0 Å². The molecule has 0 bridgehead atoms. The molecule has 2 aromatic carbocycles. The minimum atomic E-state index is 0.249. The molecule has 2 aromatic rings. The van der Waals surface area contributed by atoms with Crippen LogP contribution < -0.4 is 5.32 Å². The summed E-state index contributed by atoms with van der Waals surface area (Å²) < 4.78 is 0.904. The summed E-state index contributed by atoms with van der Waals surface area (Å²) in [6, 6.07) is 14.7. The minimum absolute atomic E-state index is 0.249. The van der Waals surface area contributed by atoms with Gasteiger partial charge in [0, 0.05) is 16.6 Å². The van der Waals surface area contributed by atoms with Crippen LogP contribution >= 0.6 is 15.9 Å². The summed E-state index contributed by atoms with van der Waals surface area (Å²) in [4.78, 5) is 0. The van der Waals surface area contributed by atoms with E-state index >= 15 is 0 Å². The van der Waals surface area contributed by atoms with Gasteiger partial charge in [0.15, 0.2) is 0 Å². The van der Waals surface area contributed by atoms with Crippen molar-refractivity contribution in [1.82, 2.24) is 0 Å². The van der Waals surface area contributed by atoms with Crippen LogP contribution in [0.5, 0.6) is 5.75 Å². The standard InChI is InChI=1S/C14H11BrN2O/c15-12-6-5-10(8-16)13(7-12)17-9-11-3-1-2-4-14(11)18/h1-7,17-18H,9H2. The van der Waals surface area contributed by atoms with E-state index in [9.17, 15) is 5.11 Å². The average Bonchev–Trinajstić information content (AvgIpc) is 2.38. The van der Waals surface area contributed by atoms with Crippen molar-refractivity contribution >= 4 is 21.6 Å². The Balaban J connectivity index is 2.18. The lowest BCUT2D eigenvalue weighted by Crippen LogP contribution is -2.01. The molecule has 3 nitrogen and oxygen atoms in total. The maximum Gasteiger partial charge on any atom is 0.120 e. The molecule has 0 aliphatic heterocycles. The molecule has 0 heterocycles. The minimum Gasteiger partial charge on any atom is -0.508 e. The molecule has 90 valence electrons. The highest BCUT2D eigenvalue weighted by molar-refractivity contribution is 9.10. The molecule has 0 spiro atoms. The van der Waals surface area contributed by atoms with E-state index in [-0.39, 0.29) is 5.75 Å². The van der Waals surface area contributed by atoms with Crippen molar-refractivity contribution in [2.75, 3.05) is 5.32 Å². The van der Waals surface area contributed by atoms with Crippen LogP contribution in [-0.4, -0.2) is 5.11 Å². The van der Waals surface area contributed by atoms with Crippen molar-refractivity contribution in [3.63, 3.8) is 0 Å². The van der Waals surface area contributed by atoms with Crippen LogP contribution in [0.3, 0.4) is 0 Å². The van der Waals surface area contributed by atoms with Gasteiger partial charge < -0.3 is 10.4 Å². The van der Waals surface area contributed by atoms with Crippen molar-refractivity contribution in [3.8, 4) is 11.8 Å². The highest BCUT2D eigenvalue weighted by atomic mass is 79.9. The number of nitrogens with zero attached hydrogens (tertiary/aromatic N) is 1. The molecule has 0 radical (unpaired) electrons. The molecule has 2 N–H and O–H groups in total. The zero-order valence-electron chi connectivity index (χ0n) is 9.52. The first-order chi connectivity index (χ1) is 8.70. The number of nitrogens with one attached hydrogen (secondary N) is 1. The summed E-state index contributed by atoms with van der Waals surface area (Å²) in [6.45, 7) is 0.470. The van der Waals surface area contributed by atoms with Gasteiger partial charge in [0.05, 0.1) is 11.3 Å². The van der Waals surface area contributed by atoms with Crippen molar-refractivity contribution in [2.24, 2.45) is 0 Å². The van der Waals surface area contributed by atoms with Crippen LogP contribution in [0.1, 0.15) is 11.1 Å². The van der Waals surface area contributed by atoms with Crippen LogP contribution in [0.4, 0.5) is 5.69 Å². The van der Waals surface area contributed by atoms with Gasteiger partial charge in [-0.2, -0.15) is 5.26 Å². The normalized spacial score (nSPS) is 9.78.